The van der Waals surface area contributed by atoms with Crippen molar-refractivity contribution in [3.63, 3.8) is 0 Å². The van der Waals surface area contributed by atoms with Gasteiger partial charge in [0.1, 0.15) is 0 Å². The van der Waals surface area contributed by atoms with E-state index in [-0.39, 0.29) is 27.6 Å². The molecule has 0 amide bonds. The predicted molar refractivity (Wildman–Crippen MR) is 156 cm³/mol. The van der Waals surface area contributed by atoms with E-state index < -0.39 is 17.0 Å². The lowest BCUT2D eigenvalue weighted by molar-refractivity contribution is -0.274. The molecule has 0 bridgehead atoms. The lowest BCUT2D eigenvalue weighted by Gasteiger charge is -2.74. The first-order chi connectivity index (χ1) is 17.6. The maximum absolute atomic E-state index is 12.9. The maximum Gasteiger partial charge on any atom is 0.309 e. The Balaban J connectivity index is 1.53. The highest BCUT2D eigenvalue weighted by Crippen LogP contribution is 2.78. The number of aliphatic hydroxyl groups is 1. The predicted octanol–water partition coefficient (Wildman–Crippen LogP) is 8.90. The number of carboxylic acid groups (broad SMARTS) is 1. The fourth-order valence-electron chi connectivity index (χ4n) is 13.2. The van der Waals surface area contributed by atoms with Gasteiger partial charge in [0.05, 0.1) is 11.0 Å². The molecule has 5 saturated carbocycles. The number of hydrogen-bond donors (Lipinski definition) is 2. The van der Waals surface area contributed by atoms with Crippen molar-refractivity contribution in [2.45, 2.75) is 138 Å². The maximum atomic E-state index is 12.9. The van der Waals surface area contributed by atoms with E-state index in [1.165, 1.54) is 31.3 Å². The zero-order chi connectivity index (χ0) is 28.1. The first-order valence-electron chi connectivity index (χ1n) is 16.2. The average Bonchev–Trinajstić information content (AvgIpc) is 3.25. The Kier molecular flexibility index (Phi) is 6.67. The topological polar surface area (TPSA) is 57.5 Å². The summed E-state index contributed by atoms with van der Waals surface area (Å²) in [6.07, 6.45) is 12.7. The van der Waals surface area contributed by atoms with Crippen molar-refractivity contribution >= 4 is 5.97 Å². The van der Waals surface area contributed by atoms with E-state index in [0.717, 1.165) is 51.4 Å². The van der Waals surface area contributed by atoms with Gasteiger partial charge in [0, 0.05) is 0 Å². The molecule has 0 heterocycles. The molecule has 5 aliphatic rings. The molecule has 5 fully saturated rings. The number of hydrogen-bond acceptors (Lipinski definition) is 2. The summed E-state index contributed by atoms with van der Waals surface area (Å²) in [6, 6.07) is 0. The molecule has 0 aromatic carbocycles. The van der Waals surface area contributed by atoms with Gasteiger partial charge in [-0.15, -0.1) is 0 Å². The molecule has 0 aliphatic heterocycles. The molecular weight excluding hydrogens is 468 g/mol. The number of carboxylic acids is 1. The second kappa shape index (κ2) is 8.83. The van der Waals surface area contributed by atoms with Crippen molar-refractivity contribution in [2.24, 2.45) is 62.6 Å². The molecule has 38 heavy (non-hydrogen) atoms. The van der Waals surface area contributed by atoms with Gasteiger partial charge in [0.25, 0.3) is 0 Å². The van der Waals surface area contributed by atoms with Gasteiger partial charge in [-0.05, 0) is 128 Å². The van der Waals surface area contributed by atoms with Crippen LogP contribution in [0.4, 0.5) is 0 Å². The van der Waals surface area contributed by atoms with Gasteiger partial charge in [0.15, 0.2) is 0 Å². The quantitative estimate of drug-likeness (QED) is 0.352. The average molecular weight is 527 g/mol. The molecule has 0 spiro atoms. The molecule has 5 aliphatic carbocycles. The summed E-state index contributed by atoms with van der Waals surface area (Å²) >= 11 is 0. The molecule has 3 heteroatoms. The fraction of sp³-hybridized carbons (Fsp3) is 0.914. The first-order valence-corrected chi connectivity index (χ1v) is 16.2. The van der Waals surface area contributed by atoms with E-state index in [9.17, 15) is 15.0 Å². The van der Waals surface area contributed by atoms with Crippen molar-refractivity contribution in [3.8, 4) is 0 Å². The third kappa shape index (κ3) is 3.26. The summed E-state index contributed by atoms with van der Waals surface area (Å²) in [5.74, 6) is 2.06. The molecule has 0 radical (unpaired) electrons. The van der Waals surface area contributed by atoms with Gasteiger partial charge in [-0.3, -0.25) is 4.79 Å². The summed E-state index contributed by atoms with van der Waals surface area (Å²) in [5.41, 5.74) is 0.592. The molecular formula is C35H58O3. The molecule has 3 nitrogen and oxygen atoms in total. The van der Waals surface area contributed by atoms with Crippen LogP contribution in [0.2, 0.25) is 0 Å². The Morgan fingerprint density at radius 1 is 0.842 bits per heavy atom. The molecule has 2 N–H and O–H groups in total. The van der Waals surface area contributed by atoms with Crippen LogP contribution in [0.3, 0.4) is 0 Å². The first kappa shape index (κ1) is 28.7. The van der Waals surface area contributed by atoms with E-state index in [4.69, 9.17) is 0 Å². The van der Waals surface area contributed by atoms with Crippen molar-refractivity contribution in [3.05, 3.63) is 12.2 Å². The number of aliphatic carboxylic acids is 1. The van der Waals surface area contributed by atoms with Crippen molar-refractivity contribution < 1.29 is 15.0 Å². The monoisotopic (exact) mass is 526 g/mol. The Labute approximate surface area is 233 Å². The highest BCUT2D eigenvalue weighted by Gasteiger charge is 2.73. The highest BCUT2D eigenvalue weighted by atomic mass is 16.4. The summed E-state index contributed by atoms with van der Waals surface area (Å²) in [6.45, 7) is 23.7. The van der Waals surface area contributed by atoms with Crippen LogP contribution in [0.1, 0.15) is 132 Å². The molecule has 10 atom stereocenters. The fourth-order valence-corrected chi connectivity index (χ4v) is 13.2. The minimum absolute atomic E-state index is 0.0999. The standard InChI is InChI=1S/C35H58O3/c1-10-23(11-2)35(38)21-18-31(7)26(30(35,5)6)15-16-33(9)27(31)13-12-25-28-24(22(3)4)14-17-34(28,29(36)37)20-19-32(25,33)8/h23-28,38H,3,10-21H2,1-2,4-9H3,(H,36,37)/t24?,25?,26?,27?,28?,31-,32?,33+,34?,35?/m0/s1. The van der Waals surface area contributed by atoms with Crippen LogP contribution in [-0.2, 0) is 4.79 Å². The van der Waals surface area contributed by atoms with Crippen LogP contribution in [0.5, 0.6) is 0 Å². The van der Waals surface area contributed by atoms with Crippen molar-refractivity contribution in [1.82, 2.24) is 0 Å². The minimum atomic E-state index is -0.583. The minimum Gasteiger partial charge on any atom is -0.481 e. The normalized spacial score (nSPS) is 51.5. The van der Waals surface area contributed by atoms with E-state index >= 15 is 0 Å². The van der Waals surface area contributed by atoms with Gasteiger partial charge < -0.3 is 10.2 Å². The van der Waals surface area contributed by atoms with E-state index in [1.807, 2.05) is 0 Å². The second-order valence-electron chi connectivity index (χ2n) is 16.3. The number of fused-ring (bicyclic) bond motifs is 7. The van der Waals surface area contributed by atoms with Crippen LogP contribution < -0.4 is 0 Å². The largest absolute Gasteiger partial charge is 0.481 e. The lowest BCUT2D eigenvalue weighted by atomic mass is 9.31. The van der Waals surface area contributed by atoms with Crippen LogP contribution in [0.25, 0.3) is 0 Å². The van der Waals surface area contributed by atoms with E-state index in [0.29, 0.717) is 29.6 Å². The van der Waals surface area contributed by atoms with Crippen molar-refractivity contribution in [1.29, 1.82) is 0 Å². The van der Waals surface area contributed by atoms with Crippen LogP contribution in [0.15, 0.2) is 12.2 Å². The zero-order valence-electron chi connectivity index (χ0n) is 26.0. The Hall–Kier alpha value is -0.830. The van der Waals surface area contributed by atoms with Gasteiger partial charge in [0.2, 0.25) is 0 Å². The number of carbonyl (C=O) groups is 1. The van der Waals surface area contributed by atoms with Crippen molar-refractivity contribution in [2.75, 3.05) is 0 Å². The Morgan fingerprint density at radius 2 is 1.50 bits per heavy atom. The molecule has 0 saturated heterocycles. The lowest BCUT2D eigenvalue weighted by Crippen LogP contribution is -2.69. The smallest absolute Gasteiger partial charge is 0.309 e. The summed E-state index contributed by atoms with van der Waals surface area (Å²) in [7, 11) is 0. The van der Waals surface area contributed by atoms with Gasteiger partial charge in [-0.2, -0.15) is 0 Å². The summed E-state index contributed by atoms with van der Waals surface area (Å²) in [4.78, 5) is 12.9. The highest BCUT2D eigenvalue weighted by molar-refractivity contribution is 5.76. The third-order valence-corrected chi connectivity index (χ3v) is 15.5. The zero-order valence-corrected chi connectivity index (χ0v) is 26.0. The summed E-state index contributed by atoms with van der Waals surface area (Å²) < 4.78 is 0. The second-order valence-corrected chi connectivity index (χ2v) is 16.3. The number of rotatable bonds is 5. The van der Waals surface area contributed by atoms with Crippen LogP contribution in [0, 0.1) is 62.6 Å². The van der Waals surface area contributed by atoms with Crippen LogP contribution >= 0.6 is 0 Å². The van der Waals surface area contributed by atoms with Crippen LogP contribution in [-0.4, -0.2) is 21.8 Å². The Bertz CT molecular complexity index is 980. The SMILES string of the molecule is C=C(C)C1CCC2(C(=O)O)CCC3(C)C(CCC4[C@@]5(C)CCC(O)(C(CC)CC)C(C)(C)C5CC[C@]43C)C12. The third-order valence-electron chi connectivity index (χ3n) is 15.5. The van der Waals surface area contributed by atoms with E-state index in [1.54, 1.807) is 0 Å². The summed E-state index contributed by atoms with van der Waals surface area (Å²) in [5, 5.41) is 22.9. The van der Waals surface area contributed by atoms with Gasteiger partial charge >= 0.3 is 5.97 Å². The molecule has 5 rings (SSSR count). The molecule has 8 unspecified atom stereocenters. The van der Waals surface area contributed by atoms with Gasteiger partial charge in [-0.1, -0.05) is 73.5 Å². The molecule has 0 aromatic rings. The van der Waals surface area contributed by atoms with Gasteiger partial charge in [-0.25, -0.2) is 0 Å². The molecule has 0 aromatic heterocycles. The number of allylic oxidation sites excluding steroid dienone is 1. The van der Waals surface area contributed by atoms with E-state index in [2.05, 4.69) is 62.0 Å². The Morgan fingerprint density at radius 3 is 2.08 bits per heavy atom. The molecule has 216 valence electrons.